The van der Waals surface area contributed by atoms with E-state index >= 15 is 0 Å². The summed E-state index contributed by atoms with van der Waals surface area (Å²) in [7, 11) is 0. The first kappa shape index (κ1) is 17.1. The van der Waals surface area contributed by atoms with Crippen molar-refractivity contribution in [3.8, 4) is 5.88 Å². The molecule has 8 heteroatoms. The molecule has 0 radical (unpaired) electrons. The molecule has 0 spiro atoms. The highest BCUT2D eigenvalue weighted by Crippen LogP contribution is 2.31. The zero-order valence-electron chi connectivity index (χ0n) is 13.2. The van der Waals surface area contributed by atoms with Crippen LogP contribution in [0, 0.1) is 0 Å². The van der Waals surface area contributed by atoms with Gasteiger partial charge in [-0.25, -0.2) is 9.78 Å². The van der Waals surface area contributed by atoms with Crippen LogP contribution in [0.3, 0.4) is 0 Å². The molecule has 2 heterocycles. The number of para-hydroxylation sites is 1. The summed E-state index contributed by atoms with van der Waals surface area (Å²) in [5.74, 6) is -0.0925. The number of amides is 2. The summed E-state index contributed by atoms with van der Waals surface area (Å²) in [6.07, 6.45) is -3.25. The molecule has 0 aliphatic carbocycles. The number of pyridine rings is 1. The Bertz CT molecular complexity index is 737. The number of likely N-dealkylation sites (tertiary alicyclic amines) is 1. The zero-order valence-corrected chi connectivity index (χ0v) is 13.2. The van der Waals surface area contributed by atoms with E-state index in [1.165, 1.54) is 0 Å². The van der Waals surface area contributed by atoms with E-state index in [1.54, 1.807) is 17.0 Å². The van der Waals surface area contributed by atoms with Gasteiger partial charge in [-0.05, 0) is 18.2 Å². The monoisotopic (exact) mass is 351 g/mol. The van der Waals surface area contributed by atoms with Crippen LogP contribution >= 0.6 is 0 Å². The minimum Gasteiger partial charge on any atom is -0.472 e. The van der Waals surface area contributed by atoms with Crippen molar-refractivity contribution in [3.63, 3.8) is 0 Å². The van der Waals surface area contributed by atoms with E-state index < -0.39 is 17.8 Å². The minimum absolute atomic E-state index is 0.0925. The number of hydrogen-bond donors (Lipinski definition) is 1. The van der Waals surface area contributed by atoms with Gasteiger partial charge in [0.2, 0.25) is 5.88 Å². The third kappa shape index (κ3) is 4.40. The van der Waals surface area contributed by atoms with Crippen LogP contribution in [0.15, 0.2) is 48.7 Å². The molecule has 3 rings (SSSR count). The lowest BCUT2D eigenvalue weighted by molar-refractivity contribution is -0.137. The van der Waals surface area contributed by atoms with Crippen LogP contribution in [0.5, 0.6) is 5.88 Å². The van der Waals surface area contributed by atoms with Crippen molar-refractivity contribution in [1.29, 1.82) is 0 Å². The number of nitrogens with one attached hydrogen (secondary N) is 1. The van der Waals surface area contributed by atoms with Crippen LogP contribution in [0.2, 0.25) is 0 Å². The molecule has 1 atom stereocenters. The van der Waals surface area contributed by atoms with Gasteiger partial charge in [0.15, 0.2) is 0 Å². The predicted octanol–water partition coefficient (Wildman–Crippen LogP) is 3.79. The van der Waals surface area contributed by atoms with Gasteiger partial charge in [-0.2, -0.15) is 13.2 Å². The van der Waals surface area contributed by atoms with Gasteiger partial charge in [-0.3, -0.25) is 0 Å². The first-order valence-corrected chi connectivity index (χ1v) is 7.73. The highest BCUT2D eigenvalue weighted by atomic mass is 19.4. The standard InChI is InChI=1S/C17H16F3N3O2/c18-17(19,20)12-6-8-21-15(10-12)25-14-7-9-23(11-14)16(24)22-13-4-2-1-3-5-13/h1-6,8,10,14H,7,9,11H2,(H,22,24). The van der Waals surface area contributed by atoms with Crippen LogP contribution < -0.4 is 10.1 Å². The average Bonchev–Trinajstić information content (AvgIpc) is 3.04. The molecule has 0 saturated carbocycles. The SMILES string of the molecule is O=C(Nc1ccccc1)N1CCC(Oc2cc(C(F)(F)F)ccn2)C1. The quantitative estimate of drug-likeness (QED) is 0.915. The maximum absolute atomic E-state index is 12.7. The molecular weight excluding hydrogens is 335 g/mol. The molecule has 1 fully saturated rings. The second kappa shape index (κ2) is 7.00. The smallest absolute Gasteiger partial charge is 0.416 e. The second-order valence-corrected chi connectivity index (χ2v) is 5.65. The lowest BCUT2D eigenvalue weighted by Gasteiger charge is -2.18. The number of urea groups is 1. The number of halogens is 3. The van der Waals surface area contributed by atoms with E-state index in [-0.39, 0.29) is 18.5 Å². The van der Waals surface area contributed by atoms with Gasteiger partial charge < -0.3 is 15.0 Å². The van der Waals surface area contributed by atoms with Crippen molar-refractivity contribution in [3.05, 3.63) is 54.2 Å². The van der Waals surface area contributed by atoms with Gasteiger partial charge >= 0.3 is 12.2 Å². The fraction of sp³-hybridized carbons (Fsp3) is 0.294. The molecular formula is C17H16F3N3O2. The van der Waals surface area contributed by atoms with Gasteiger partial charge in [0.05, 0.1) is 12.1 Å². The van der Waals surface area contributed by atoms with Gasteiger partial charge in [0.25, 0.3) is 0 Å². The van der Waals surface area contributed by atoms with E-state index in [2.05, 4.69) is 10.3 Å². The molecule has 1 aromatic heterocycles. The number of carbonyl (C=O) groups excluding carboxylic acids is 1. The summed E-state index contributed by atoms with van der Waals surface area (Å²) in [4.78, 5) is 17.6. The van der Waals surface area contributed by atoms with Crippen LogP contribution in [0.4, 0.5) is 23.7 Å². The van der Waals surface area contributed by atoms with Gasteiger partial charge in [-0.15, -0.1) is 0 Å². The first-order valence-electron chi connectivity index (χ1n) is 7.73. The van der Waals surface area contributed by atoms with Crippen LogP contribution in [0.1, 0.15) is 12.0 Å². The number of alkyl halides is 3. The minimum atomic E-state index is -4.45. The summed E-state index contributed by atoms with van der Waals surface area (Å²) in [5, 5.41) is 2.76. The fourth-order valence-electron chi connectivity index (χ4n) is 2.55. The lowest BCUT2D eigenvalue weighted by Crippen LogP contribution is -2.34. The summed E-state index contributed by atoms with van der Waals surface area (Å²) >= 11 is 0. The Kier molecular flexibility index (Phi) is 4.78. The molecule has 2 aromatic rings. The van der Waals surface area contributed by atoms with E-state index in [4.69, 9.17) is 4.74 Å². The molecule has 2 amide bonds. The van der Waals surface area contributed by atoms with Crippen LogP contribution in [-0.2, 0) is 6.18 Å². The van der Waals surface area contributed by atoms with Crippen molar-refractivity contribution in [2.75, 3.05) is 18.4 Å². The number of anilines is 1. The molecule has 1 aliphatic rings. The molecule has 1 N–H and O–H groups in total. The van der Waals surface area contributed by atoms with E-state index in [0.717, 1.165) is 18.3 Å². The Balaban J connectivity index is 1.57. The van der Waals surface area contributed by atoms with Gasteiger partial charge in [0.1, 0.15) is 6.10 Å². The molecule has 0 bridgehead atoms. The number of ether oxygens (including phenoxy) is 1. The first-order chi connectivity index (χ1) is 11.9. The van der Waals surface area contributed by atoms with E-state index in [9.17, 15) is 18.0 Å². The number of nitrogens with zero attached hydrogens (tertiary/aromatic N) is 2. The Morgan fingerprint density at radius 3 is 2.72 bits per heavy atom. The third-order valence-corrected chi connectivity index (χ3v) is 3.81. The number of aromatic nitrogens is 1. The Morgan fingerprint density at radius 2 is 2.00 bits per heavy atom. The normalized spacial score (nSPS) is 17.4. The zero-order chi connectivity index (χ0) is 17.9. The molecule has 1 aromatic carbocycles. The number of hydrogen-bond acceptors (Lipinski definition) is 3. The largest absolute Gasteiger partial charge is 0.472 e. The van der Waals surface area contributed by atoms with Crippen molar-refractivity contribution in [1.82, 2.24) is 9.88 Å². The Labute approximate surface area is 142 Å². The summed E-state index contributed by atoms with van der Waals surface area (Å²) < 4.78 is 43.6. The summed E-state index contributed by atoms with van der Waals surface area (Å²) in [6, 6.07) is 10.5. The van der Waals surface area contributed by atoms with Crippen molar-refractivity contribution in [2.24, 2.45) is 0 Å². The van der Waals surface area contributed by atoms with E-state index in [0.29, 0.717) is 18.7 Å². The fourth-order valence-corrected chi connectivity index (χ4v) is 2.55. The van der Waals surface area contributed by atoms with Crippen molar-refractivity contribution in [2.45, 2.75) is 18.7 Å². The average molecular weight is 351 g/mol. The molecule has 132 valence electrons. The van der Waals surface area contributed by atoms with Gasteiger partial charge in [-0.1, -0.05) is 18.2 Å². The maximum atomic E-state index is 12.7. The Morgan fingerprint density at radius 1 is 1.24 bits per heavy atom. The third-order valence-electron chi connectivity index (χ3n) is 3.81. The van der Waals surface area contributed by atoms with Gasteiger partial charge in [0, 0.05) is 30.9 Å². The predicted molar refractivity (Wildman–Crippen MR) is 85.3 cm³/mol. The number of rotatable bonds is 3. The number of carbonyl (C=O) groups is 1. The van der Waals surface area contributed by atoms with Crippen LogP contribution in [0.25, 0.3) is 0 Å². The van der Waals surface area contributed by atoms with Crippen LogP contribution in [-0.4, -0.2) is 35.1 Å². The Hall–Kier alpha value is -2.77. The van der Waals surface area contributed by atoms with Crippen molar-refractivity contribution >= 4 is 11.7 Å². The van der Waals surface area contributed by atoms with Crippen molar-refractivity contribution < 1.29 is 22.7 Å². The topological polar surface area (TPSA) is 54.5 Å². The maximum Gasteiger partial charge on any atom is 0.416 e. The molecule has 1 aliphatic heterocycles. The molecule has 25 heavy (non-hydrogen) atoms. The second-order valence-electron chi connectivity index (χ2n) is 5.65. The highest BCUT2D eigenvalue weighted by Gasteiger charge is 2.32. The highest BCUT2D eigenvalue weighted by molar-refractivity contribution is 5.89. The lowest BCUT2D eigenvalue weighted by atomic mass is 10.2. The molecule has 1 unspecified atom stereocenters. The summed E-state index contributed by atoms with van der Waals surface area (Å²) in [5.41, 5.74) is -0.134. The molecule has 5 nitrogen and oxygen atoms in total. The number of benzene rings is 1. The summed E-state index contributed by atoms with van der Waals surface area (Å²) in [6.45, 7) is 0.749. The van der Waals surface area contributed by atoms with E-state index in [1.807, 2.05) is 18.2 Å². The molecule has 1 saturated heterocycles.